The third-order valence-corrected chi connectivity index (χ3v) is 2.58. The van der Waals surface area contributed by atoms with Gasteiger partial charge in [0.15, 0.2) is 0 Å². The summed E-state index contributed by atoms with van der Waals surface area (Å²) in [6.45, 7) is 0. The molecule has 0 saturated carbocycles. The molecule has 2 aromatic carbocycles. The summed E-state index contributed by atoms with van der Waals surface area (Å²) in [6, 6.07) is 13.4. The van der Waals surface area contributed by atoms with Crippen molar-refractivity contribution in [1.29, 1.82) is 0 Å². The first-order chi connectivity index (χ1) is 7.88. The highest BCUT2D eigenvalue weighted by atomic mass is 16.5. The van der Waals surface area contributed by atoms with Crippen molar-refractivity contribution in [3.63, 3.8) is 0 Å². The Morgan fingerprint density at radius 1 is 1.00 bits per heavy atom. The van der Waals surface area contributed by atoms with E-state index in [0.29, 0.717) is 5.75 Å². The van der Waals surface area contributed by atoms with Gasteiger partial charge in [0.05, 0.1) is 0 Å². The van der Waals surface area contributed by atoms with Gasteiger partial charge in [0, 0.05) is 16.8 Å². The molecule has 0 unspecified atom stereocenters. The summed E-state index contributed by atoms with van der Waals surface area (Å²) in [5.41, 5.74) is 1.63. The minimum atomic E-state index is -0.328. The summed E-state index contributed by atoms with van der Waals surface area (Å²) in [6.07, 6.45) is 0. The van der Waals surface area contributed by atoms with Gasteiger partial charge in [-0.3, -0.25) is 0 Å². The van der Waals surface area contributed by atoms with E-state index in [1.165, 1.54) is 0 Å². The Balaban J connectivity index is 2.28. The molecular weight excluding hydrogens is 203 g/mol. The third kappa shape index (κ3) is 1.35. The first kappa shape index (κ1) is 9.30. The molecule has 0 aliphatic rings. The molecular formula is C12H9BO3. The first-order valence-corrected chi connectivity index (χ1v) is 5.03. The highest BCUT2D eigenvalue weighted by Crippen LogP contribution is 2.30. The number of hydrogen-bond acceptors (Lipinski definition) is 3. The highest BCUT2D eigenvalue weighted by Gasteiger charge is 2.06. The van der Waals surface area contributed by atoms with Crippen molar-refractivity contribution in [3.05, 3.63) is 42.5 Å². The predicted octanol–water partition coefficient (Wildman–Crippen LogP) is 2.22. The van der Waals surface area contributed by atoms with E-state index in [1.54, 1.807) is 6.07 Å². The van der Waals surface area contributed by atoms with E-state index in [-0.39, 0.29) is 7.69 Å². The van der Waals surface area contributed by atoms with Crippen LogP contribution in [0.1, 0.15) is 0 Å². The van der Waals surface area contributed by atoms with Crippen molar-refractivity contribution in [2.75, 3.05) is 0 Å². The van der Waals surface area contributed by atoms with Gasteiger partial charge in [-0.1, -0.05) is 18.2 Å². The van der Waals surface area contributed by atoms with Gasteiger partial charge in [0.25, 0.3) is 0 Å². The van der Waals surface area contributed by atoms with Gasteiger partial charge in [-0.25, -0.2) is 0 Å². The Hall–Kier alpha value is -1.94. The van der Waals surface area contributed by atoms with Crippen molar-refractivity contribution >= 4 is 29.6 Å². The van der Waals surface area contributed by atoms with Crippen LogP contribution in [0.5, 0.6) is 5.75 Å². The number of hydrogen-bond donors (Lipinski definition) is 1. The summed E-state index contributed by atoms with van der Waals surface area (Å²) in [4.78, 5) is 0. The van der Waals surface area contributed by atoms with Gasteiger partial charge in [-0.2, -0.15) is 0 Å². The van der Waals surface area contributed by atoms with Crippen LogP contribution in [0.2, 0.25) is 0 Å². The average molecular weight is 212 g/mol. The minimum absolute atomic E-state index is 0.328. The molecule has 16 heavy (non-hydrogen) atoms. The second-order valence-electron chi connectivity index (χ2n) is 3.53. The molecule has 0 aliphatic carbocycles. The second kappa shape index (κ2) is 3.57. The molecule has 0 aliphatic heterocycles. The molecule has 1 aromatic heterocycles. The van der Waals surface area contributed by atoms with Crippen LogP contribution in [0.4, 0.5) is 0 Å². The Kier molecular flexibility index (Phi) is 2.08. The number of para-hydroxylation sites is 1. The maximum Gasteiger partial charge on any atom is 0.504 e. The quantitative estimate of drug-likeness (QED) is 0.662. The van der Waals surface area contributed by atoms with Crippen LogP contribution in [0, 0.1) is 0 Å². The molecule has 0 saturated heterocycles. The zero-order valence-electron chi connectivity index (χ0n) is 8.51. The van der Waals surface area contributed by atoms with E-state index < -0.39 is 0 Å². The standard InChI is InChI=1S/C12H9BO3/c14-13-16-8-5-6-10-9-3-1-2-4-11(9)15-12(10)7-8/h1-7,13-14H. The summed E-state index contributed by atoms with van der Waals surface area (Å²) in [7, 11) is -0.328. The molecule has 3 aromatic rings. The summed E-state index contributed by atoms with van der Waals surface area (Å²) in [5.74, 6) is 0.606. The summed E-state index contributed by atoms with van der Waals surface area (Å²) < 4.78 is 10.7. The molecule has 0 atom stereocenters. The Bertz CT molecular complexity index is 645. The maximum atomic E-state index is 8.68. The predicted molar refractivity (Wildman–Crippen MR) is 63.7 cm³/mol. The topological polar surface area (TPSA) is 42.6 Å². The lowest BCUT2D eigenvalue weighted by Crippen LogP contribution is -1.98. The lowest BCUT2D eigenvalue weighted by molar-refractivity contribution is 0.453. The van der Waals surface area contributed by atoms with E-state index in [1.807, 2.05) is 36.4 Å². The van der Waals surface area contributed by atoms with Crippen molar-refractivity contribution in [2.45, 2.75) is 0 Å². The van der Waals surface area contributed by atoms with Crippen LogP contribution in [0.3, 0.4) is 0 Å². The maximum absolute atomic E-state index is 8.68. The van der Waals surface area contributed by atoms with Crippen molar-refractivity contribution in [1.82, 2.24) is 0 Å². The summed E-state index contributed by atoms with van der Waals surface area (Å²) in [5, 5.41) is 10.8. The van der Waals surface area contributed by atoms with Gasteiger partial charge < -0.3 is 14.1 Å². The molecule has 0 bridgehead atoms. The molecule has 3 nitrogen and oxygen atoms in total. The fourth-order valence-corrected chi connectivity index (χ4v) is 1.87. The number of fused-ring (bicyclic) bond motifs is 3. The smallest absolute Gasteiger partial charge is 0.504 e. The zero-order valence-corrected chi connectivity index (χ0v) is 8.51. The molecule has 1 N–H and O–H groups in total. The molecule has 3 rings (SSSR count). The molecule has 0 radical (unpaired) electrons. The zero-order chi connectivity index (χ0) is 11.0. The van der Waals surface area contributed by atoms with E-state index >= 15 is 0 Å². The fourth-order valence-electron chi connectivity index (χ4n) is 1.87. The Morgan fingerprint density at radius 3 is 2.69 bits per heavy atom. The van der Waals surface area contributed by atoms with E-state index in [9.17, 15) is 0 Å². The van der Waals surface area contributed by atoms with Gasteiger partial charge in [0.1, 0.15) is 16.9 Å². The molecule has 1 heterocycles. The van der Waals surface area contributed by atoms with Crippen LogP contribution in [-0.2, 0) is 0 Å². The van der Waals surface area contributed by atoms with Crippen molar-refractivity contribution < 1.29 is 14.1 Å². The molecule has 0 fully saturated rings. The Morgan fingerprint density at radius 2 is 1.81 bits per heavy atom. The van der Waals surface area contributed by atoms with Crippen molar-refractivity contribution in [3.8, 4) is 5.75 Å². The lowest BCUT2D eigenvalue weighted by Gasteiger charge is -1.99. The normalized spacial score (nSPS) is 10.8. The van der Waals surface area contributed by atoms with Gasteiger partial charge in [0.2, 0.25) is 0 Å². The summed E-state index contributed by atoms with van der Waals surface area (Å²) >= 11 is 0. The van der Waals surface area contributed by atoms with Gasteiger partial charge >= 0.3 is 7.69 Å². The van der Waals surface area contributed by atoms with Crippen LogP contribution in [0.25, 0.3) is 21.9 Å². The highest BCUT2D eigenvalue weighted by molar-refractivity contribution is 6.17. The number of furan rings is 1. The molecule has 78 valence electrons. The minimum Gasteiger partial charge on any atom is -0.539 e. The molecule has 4 heteroatoms. The average Bonchev–Trinajstić information content (AvgIpc) is 2.67. The van der Waals surface area contributed by atoms with Crippen molar-refractivity contribution in [2.24, 2.45) is 0 Å². The van der Waals surface area contributed by atoms with Crippen LogP contribution < -0.4 is 4.65 Å². The molecule has 0 spiro atoms. The number of benzene rings is 2. The van der Waals surface area contributed by atoms with E-state index in [0.717, 1.165) is 21.9 Å². The van der Waals surface area contributed by atoms with E-state index in [2.05, 4.69) is 0 Å². The second-order valence-corrected chi connectivity index (χ2v) is 3.53. The van der Waals surface area contributed by atoms with Crippen LogP contribution in [0.15, 0.2) is 46.9 Å². The van der Waals surface area contributed by atoms with Gasteiger partial charge in [-0.05, 0) is 18.2 Å². The van der Waals surface area contributed by atoms with E-state index in [4.69, 9.17) is 14.1 Å². The van der Waals surface area contributed by atoms with Crippen LogP contribution >= 0.6 is 0 Å². The number of rotatable bonds is 2. The first-order valence-electron chi connectivity index (χ1n) is 5.03. The molecule has 0 amide bonds. The third-order valence-electron chi connectivity index (χ3n) is 2.58. The van der Waals surface area contributed by atoms with Gasteiger partial charge in [-0.15, -0.1) is 0 Å². The monoisotopic (exact) mass is 212 g/mol. The fraction of sp³-hybridized carbons (Fsp3) is 0. The SMILES string of the molecule is OBOc1ccc2c(c1)oc1ccccc12. The Labute approximate surface area is 92.6 Å². The lowest BCUT2D eigenvalue weighted by atomic mass is 10.1. The van der Waals surface area contributed by atoms with Crippen LogP contribution in [-0.4, -0.2) is 12.7 Å². The largest absolute Gasteiger partial charge is 0.539 e.